The van der Waals surface area contributed by atoms with E-state index in [9.17, 15) is 4.79 Å². The molecule has 0 aliphatic heterocycles. The van der Waals surface area contributed by atoms with Crippen LogP contribution in [-0.4, -0.2) is 21.9 Å². The van der Waals surface area contributed by atoms with E-state index >= 15 is 0 Å². The van der Waals surface area contributed by atoms with Crippen molar-refractivity contribution >= 4 is 38.8 Å². The molecule has 1 aromatic heterocycles. The van der Waals surface area contributed by atoms with Crippen LogP contribution in [0.2, 0.25) is 0 Å². The van der Waals surface area contributed by atoms with Gasteiger partial charge in [-0.2, -0.15) is 10.2 Å². The maximum absolute atomic E-state index is 12.0. The van der Waals surface area contributed by atoms with E-state index < -0.39 is 0 Å². The second-order valence-corrected chi connectivity index (χ2v) is 5.66. The van der Waals surface area contributed by atoms with Gasteiger partial charge in [-0.25, -0.2) is 5.43 Å². The summed E-state index contributed by atoms with van der Waals surface area (Å²) >= 11 is 3.29. The molecule has 1 N–H and O–H groups in total. The summed E-state index contributed by atoms with van der Waals surface area (Å²) in [5.41, 5.74) is 3.69. The number of benzene rings is 2. The molecule has 110 valence electrons. The minimum absolute atomic E-state index is 0.304. The van der Waals surface area contributed by atoms with E-state index in [0.717, 1.165) is 10.9 Å². The Morgan fingerprint density at radius 1 is 1.27 bits per heavy atom. The predicted octanol–water partition coefficient (Wildman–Crippen LogP) is 3.10. The number of hydrogen-bond acceptors (Lipinski definition) is 3. The molecule has 0 bridgehead atoms. The van der Waals surface area contributed by atoms with Crippen LogP contribution in [0, 0.1) is 0 Å². The molecule has 2 aromatic carbocycles. The summed E-state index contributed by atoms with van der Waals surface area (Å²) in [6, 6.07) is 14.1. The standard InChI is InChI=1S/C16H13BrN4O/c1-21-10-14(17)15(20-21)16(22)19-18-9-11-6-7-12-4-2-3-5-13(12)8-11/h2-10H,1H3,(H,19,22)/b18-9-. The zero-order chi connectivity index (χ0) is 15.5. The highest BCUT2D eigenvalue weighted by molar-refractivity contribution is 9.10. The van der Waals surface area contributed by atoms with E-state index in [-0.39, 0.29) is 5.91 Å². The SMILES string of the molecule is Cn1cc(Br)c(C(=O)N/N=C\c2ccc3ccccc3c2)n1. The number of aryl methyl sites for hydroxylation is 1. The minimum atomic E-state index is -0.357. The first kappa shape index (κ1) is 14.5. The third-order valence-electron chi connectivity index (χ3n) is 3.15. The van der Waals surface area contributed by atoms with Crippen LogP contribution in [0.15, 0.2) is 58.2 Å². The van der Waals surface area contributed by atoms with Gasteiger partial charge in [-0.1, -0.05) is 36.4 Å². The Hall–Kier alpha value is -2.47. The third-order valence-corrected chi connectivity index (χ3v) is 3.73. The zero-order valence-corrected chi connectivity index (χ0v) is 13.4. The van der Waals surface area contributed by atoms with Crippen molar-refractivity contribution in [3.8, 4) is 0 Å². The molecule has 22 heavy (non-hydrogen) atoms. The number of fused-ring (bicyclic) bond motifs is 1. The van der Waals surface area contributed by atoms with E-state index in [4.69, 9.17) is 0 Å². The van der Waals surface area contributed by atoms with Crippen LogP contribution in [-0.2, 0) is 7.05 Å². The van der Waals surface area contributed by atoms with E-state index in [1.807, 2.05) is 36.4 Å². The summed E-state index contributed by atoms with van der Waals surface area (Å²) in [5.74, 6) is -0.357. The van der Waals surface area contributed by atoms with Crippen molar-refractivity contribution in [2.24, 2.45) is 12.1 Å². The van der Waals surface area contributed by atoms with Crippen LogP contribution in [0.3, 0.4) is 0 Å². The fourth-order valence-corrected chi connectivity index (χ4v) is 2.68. The Morgan fingerprint density at radius 3 is 2.77 bits per heavy atom. The largest absolute Gasteiger partial charge is 0.293 e. The van der Waals surface area contributed by atoms with Crippen molar-refractivity contribution < 1.29 is 4.79 Å². The van der Waals surface area contributed by atoms with Gasteiger partial charge in [0.2, 0.25) is 0 Å². The molecular weight excluding hydrogens is 344 g/mol. The lowest BCUT2D eigenvalue weighted by Crippen LogP contribution is -2.18. The van der Waals surface area contributed by atoms with Crippen LogP contribution in [0.25, 0.3) is 10.8 Å². The molecule has 3 rings (SSSR count). The van der Waals surface area contributed by atoms with Crippen molar-refractivity contribution in [3.63, 3.8) is 0 Å². The lowest BCUT2D eigenvalue weighted by atomic mass is 10.1. The highest BCUT2D eigenvalue weighted by Gasteiger charge is 2.13. The number of hydrazone groups is 1. The van der Waals surface area contributed by atoms with Crippen molar-refractivity contribution in [2.45, 2.75) is 0 Å². The zero-order valence-electron chi connectivity index (χ0n) is 11.8. The second kappa shape index (κ2) is 6.11. The van der Waals surface area contributed by atoms with Crippen molar-refractivity contribution in [2.75, 3.05) is 0 Å². The van der Waals surface area contributed by atoms with Crippen LogP contribution < -0.4 is 5.43 Å². The Balaban J connectivity index is 1.73. The molecule has 1 heterocycles. The van der Waals surface area contributed by atoms with Gasteiger partial charge in [-0.3, -0.25) is 9.48 Å². The molecule has 6 heteroatoms. The van der Waals surface area contributed by atoms with Crippen molar-refractivity contribution in [1.29, 1.82) is 0 Å². The topological polar surface area (TPSA) is 59.3 Å². The average molecular weight is 357 g/mol. The van der Waals surface area contributed by atoms with Gasteiger partial charge in [0.05, 0.1) is 10.7 Å². The monoisotopic (exact) mass is 356 g/mol. The number of amides is 1. The number of carbonyl (C=O) groups excluding carboxylic acids is 1. The van der Waals surface area contributed by atoms with Gasteiger partial charge in [0.1, 0.15) is 0 Å². The molecular formula is C16H13BrN4O. The number of carbonyl (C=O) groups is 1. The van der Waals surface area contributed by atoms with E-state index in [2.05, 4.69) is 37.6 Å². The normalized spacial score (nSPS) is 11.2. The third kappa shape index (κ3) is 3.07. The maximum atomic E-state index is 12.0. The van der Waals surface area contributed by atoms with Gasteiger partial charge in [-0.05, 0) is 38.3 Å². The van der Waals surface area contributed by atoms with Crippen LogP contribution in [0.4, 0.5) is 0 Å². The Morgan fingerprint density at radius 2 is 2.05 bits per heavy atom. The van der Waals surface area contributed by atoms with Gasteiger partial charge in [0.25, 0.3) is 5.91 Å². The molecule has 0 radical (unpaired) electrons. The molecule has 0 spiro atoms. The average Bonchev–Trinajstić information content (AvgIpc) is 2.86. The first-order valence-corrected chi connectivity index (χ1v) is 7.44. The Labute approximate surface area is 135 Å². The highest BCUT2D eigenvalue weighted by atomic mass is 79.9. The first-order valence-electron chi connectivity index (χ1n) is 6.65. The summed E-state index contributed by atoms with van der Waals surface area (Å²) in [6.07, 6.45) is 3.32. The van der Waals surface area contributed by atoms with Crippen LogP contribution in [0.5, 0.6) is 0 Å². The van der Waals surface area contributed by atoms with Gasteiger partial charge in [0.15, 0.2) is 5.69 Å². The molecule has 0 unspecified atom stereocenters. The highest BCUT2D eigenvalue weighted by Crippen LogP contribution is 2.15. The predicted molar refractivity (Wildman–Crippen MR) is 89.9 cm³/mol. The fourth-order valence-electron chi connectivity index (χ4n) is 2.12. The van der Waals surface area contributed by atoms with Gasteiger partial charge >= 0.3 is 0 Å². The molecule has 3 aromatic rings. The van der Waals surface area contributed by atoms with E-state index in [1.54, 1.807) is 24.1 Å². The number of aromatic nitrogens is 2. The second-order valence-electron chi connectivity index (χ2n) is 4.81. The number of nitrogens with one attached hydrogen (secondary N) is 1. The number of hydrogen-bond donors (Lipinski definition) is 1. The van der Waals surface area contributed by atoms with Crippen LogP contribution >= 0.6 is 15.9 Å². The van der Waals surface area contributed by atoms with E-state index in [0.29, 0.717) is 10.2 Å². The minimum Gasteiger partial charge on any atom is -0.274 e. The maximum Gasteiger partial charge on any atom is 0.293 e. The van der Waals surface area contributed by atoms with Gasteiger partial charge in [0, 0.05) is 13.2 Å². The summed E-state index contributed by atoms with van der Waals surface area (Å²) in [4.78, 5) is 12.0. The molecule has 0 fully saturated rings. The summed E-state index contributed by atoms with van der Waals surface area (Å²) in [6.45, 7) is 0. The van der Waals surface area contributed by atoms with E-state index in [1.165, 1.54) is 5.39 Å². The molecule has 0 saturated carbocycles. The Bertz CT molecular complexity index is 869. The summed E-state index contributed by atoms with van der Waals surface area (Å²) in [5, 5.41) is 10.3. The molecule has 5 nitrogen and oxygen atoms in total. The quantitative estimate of drug-likeness (QED) is 0.579. The smallest absolute Gasteiger partial charge is 0.274 e. The van der Waals surface area contributed by atoms with Crippen molar-refractivity contribution in [3.05, 3.63) is 64.4 Å². The summed E-state index contributed by atoms with van der Waals surface area (Å²) < 4.78 is 2.19. The molecule has 0 saturated heterocycles. The molecule has 0 aliphatic rings. The van der Waals surface area contributed by atoms with Crippen LogP contribution in [0.1, 0.15) is 16.1 Å². The summed E-state index contributed by atoms with van der Waals surface area (Å²) in [7, 11) is 1.75. The lowest BCUT2D eigenvalue weighted by molar-refractivity contribution is 0.0948. The van der Waals surface area contributed by atoms with Crippen molar-refractivity contribution in [1.82, 2.24) is 15.2 Å². The number of nitrogens with zero attached hydrogens (tertiary/aromatic N) is 3. The number of halogens is 1. The lowest BCUT2D eigenvalue weighted by Gasteiger charge is -1.99. The number of rotatable bonds is 3. The van der Waals surface area contributed by atoms with Gasteiger partial charge < -0.3 is 0 Å². The first-order chi connectivity index (χ1) is 10.6. The Kier molecular flexibility index (Phi) is 4.02. The molecule has 1 amide bonds. The van der Waals surface area contributed by atoms with Gasteiger partial charge in [-0.15, -0.1) is 0 Å². The molecule has 0 aliphatic carbocycles. The molecule has 0 atom stereocenters. The fraction of sp³-hybridized carbons (Fsp3) is 0.0625.